The Bertz CT molecular complexity index is 334. The molecule has 1 aliphatic carbocycles. The highest BCUT2D eigenvalue weighted by molar-refractivity contribution is 14.1. The minimum atomic E-state index is 0.286. The van der Waals surface area contributed by atoms with Crippen molar-refractivity contribution < 1.29 is 5.11 Å². The molecular formula is C10H10ClIO. The fraction of sp³-hybridized carbons (Fsp3) is 0.400. The normalized spacial score (nSPS) is 17.1. The van der Waals surface area contributed by atoms with Gasteiger partial charge < -0.3 is 5.11 Å². The Hall–Kier alpha value is 0.0400. The summed E-state index contributed by atoms with van der Waals surface area (Å²) in [7, 11) is 0. The minimum absolute atomic E-state index is 0.286. The summed E-state index contributed by atoms with van der Waals surface area (Å²) in [6, 6.07) is 3.65. The van der Waals surface area contributed by atoms with Gasteiger partial charge in [0.05, 0.1) is 3.57 Å². The van der Waals surface area contributed by atoms with Gasteiger partial charge in [-0.25, -0.2) is 0 Å². The van der Waals surface area contributed by atoms with Crippen molar-refractivity contribution in [2.24, 2.45) is 0 Å². The van der Waals surface area contributed by atoms with E-state index in [-0.39, 0.29) is 5.75 Å². The van der Waals surface area contributed by atoms with Crippen molar-refractivity contribution in [3.05, 3.63) is 26.3 Å². The summed E-state index contributed by atoms with van der Waals surface area (Å²) in [5.74, 6) is 0.912. The van der Waals surface area contributed by atoms with Crippen LogP contribution in [-0.4, -0.2) is 5.11 Å². The van der Waals surface area contributed by atoms with Crippen LogP contribution in [0.15, 0.2) is 12.1 Å². The molecule has 1 aromatic rings. The Kier molecular flexibility index (Phi) is 2.70. The average Bonchev–Trinajstić information content (AvgIpc) is 1.96. The predicted molar refractivity (Wildman–Crippen MR) is 62.4 cm³/mol. The van der Waals surface area contributed by atoms with E-state index in [0.717, 1.165) is 3.57 Å². The third-order valence-corrected chi connectivity index (χ3v) is 3.80. The van der Waals surface area contributed by atoms with Crippen molar-refractivity contribution >= 4 is 34.2 Å². The van der Waals surface area contributed by atoms with Gasteiger partial charge >= 0.3 is 0 Å². The highest BCUT2D eigenvalue weighted by Crippen LogP contribution is 2.41. The topological polar surface area (TPSA) is 20.2 Å². The van der Waals surface area contributed by atoms with Gasteiger partial charge in [-0.3, -0.25) is 0 Å². The molecule has 0 saturated heterocycles. The van der Waals surface area contributed by atoms with Gasteiger partial charge in [0, 0.05) is 5.02 Å². The van der Waals surface area contributed by atoms with Crippen molar-refractivity contribution in [3.63, 3.8) is 0 Å². The van der Waals surface area contributed by atoms with E-state index in [1.807, 2.05) is 6.07 Å². The van der Waals surface area contributed by atoms with Crippen LogP contribution in [0.1, 0.15) is 30.7 Å². The van der Waals surface area contributed by atoms with Gasteiger partial charge in [-0.05, 0) is 59.0 Å². The van der Waals surface area contributed by atoms with Crippen LogP contribution in [-0.2, 0) is 0 Å². The van der Waals surface area contributed by atoms with Crippen LogP contribution in [0.2, 0.25) is 5.02 Å². The van der Waals surface area contributed by atoms with Gasteiger partial charge in [-0.15, -0.1) is 0 Å². The molecule has 2 rings (SSSR count). The number of benzene rings is 1. The predicted octanol–water partition coefficient (Wildman–Crippen LogP) is 3.92. The highest BCUT2D eigenvalue weighted by Gasteiger charge is 2.22. The number of phenols is 1. The van der Waals surface area contributed by atoms with Gasteiger partial charge in [0.25, 0.3) is 0 Å². The maximum absolute atomic E-state index is 9.41. The molecule has 0 amide bonds. The number of hydrogen-bond acceptors (Lipinski definition) is 1. The first-order valence-electron chi connectivity index (χ1n) is 4.36. The van der Waals surface area contributed by atoms with Gasteiger partial charge in [0.1, 0.15) is 5.75 Å². The summed E-state index contributed by atoms with van der Waals surface area (Å²) in [5, 5.41) is 10.1. The Labute approximate surface area is 96.2 Å². The molecule has 0 unspecified atom stereocenters. The van der Waals surface area contributed by atoms with Crippen molar-refractivity contribution in [2.75, 3.05) is 0 Å². The zero-order valence-electron chi connectivity index (χ0n) is 7.06. The lowest BCUT2D eigenvalue weighted by molar-refractivity contribution is 0.418. The Morgan fingerprint density at radius 2 is 2.08 bits per heavy atom. The number of halogens is 2. The fourth-order valence-electron chi connectivity index (χ4n) is 1.58. The molecule has 1 aromatic carbocycles. The van der Waals surface area contributed by atoms with E-state index in [9.17, 15) is 5.11 Å². The fourth-order valence-corrected chi connectivity index (χ4v) is 2.39. The molecule has 0 radical (unpaired) electrons. The van der Waals surface area contributed by atoms with E-state index in [0.29, 0.717) is 10.9 Å². The summed E-state index contributed by atoms with van der Waals surface area (Å²) < 4.78 is 0.893. The molecule has 1 N–H and O–H groups in total. The second-order valence-corrected chi connectivity index (χ2v) is 5.02. The van der Waals surface area contributed by atoms with Crippen molar-refractivity contribution in [1.29, 1.82) is 0 Å². The molecule has 0 atom stereocenters. The maximum Gasteiger partial charge on any atom is 0.130 e. The molecule has 1 fully saturated rings. The summed E-state index contributed by atoms with van der Waals surface area (Å²) in [5.41, 5.74) is 1.20. The molecule has 3 heteroatoms. The monoisotopic (exact) mass is 308 g/mol. The SMILES string of the molecule is Oc1cc(Cl)c(C2CCC2)cc1I. The van der Waals surface area contributed by atoms with Crippen LogP contribution in [0, 0.1) is 3.57 Å². The van der Waals surface area contributed by atoms with E-state index >= 15 is 0 Å². The van der Waals surface area contributed by atoms with Crippen LogP contribution in [0.3, 0.4) is 0 Å². The Morgan fingerprint density at radius 1 is 1.38 bits per heavy atom. The molecule has 1 nitrogen and oxygen atoms in total. The molecule has 0 spiro atoms. The van der Waals surface area contributed by atoms with Gasteiger partial charge in [0.2, 0.25) is 0 Å². The van der Waals surface area contributed by atoms with Crippen LogP contribution in [0.5, 0.6) is 5.75 Å². The minimum Gasteiger partial charge on any atom is -0.507 e. The van der Waals surface area contributed by atoms with Crippen molar-refractivity contribution in [2.45, 2.75) is 25.2 Å². The molecule has 13 heavy (non-hydrogen) atoms. The van der Waals surface area contributed by atoms with E-state index < -0.39 is 0 Å². The smallest absolute Gasteiger partial charge is 0.130 e. The first-order chi connectivity index (χ1) is 6.18. The summed E-state index contributed by atoms with van der Waals surface area (Å²) in [4.78, 5) is 0. The second kappa shape index (κ2) is 3.65. The quantitative estimate of drug-likeness (QED) is 0.780. The van der Waals surface area contributed by atoms with E-state index in [4.69, 9.17) is 11.6 Å². The van der Waals surface area contributed by atoms with Gasteiger partial charge in [-0.1, -0.05) is 18.0 Å². The average molecular weight is 309 g/mol. The van der Waals surface area contributed by atoms with Crippen LogP contribution < -0.4 is 0 Å². The lowest BCUT2D eigenvalue weighted by Gasteiger charge is -2.26. The zero-order valence-corrected chi connectivity index (χ0v) is 9.97. The van der Waals surface area contributed by atoms with E-state index in [2.05, 4.69) is 22.6 Å². The third kappa shape index (κ3) is 1.79. The van der Waals surface area contributed by atoms with Crippen molar-refractivity contribution in [3.8, 4) is 5.75 Å². The number of aromatic hydroxyl groups is 1. The maximum atomic E-state index is 9.41. The molecule has 1 saturated carbocycles. The van der Waals surface area contributed by atoms with Crippen LogP contribution in [0.25, 0.3) is 0 Å². The van der Waals surface area contributed by atoms with Crippen molar-refractivity contribution in [1.82, 2.24) is 0 Å². The summed E-state index contributed by atoms with van der Waals surface area (Å²) in [6.45, 7) is 0. The van der Waals surface area contributed by atoms with Crippen LogP contribution in [0.4, 0.5) is 0 Å². The largest absolute Gasteiger partial charge is 0.507 e. The Morgan fingerprint density at radius 3 is 2.62 bits per heavy atom. The lowest BCUT2D eigenvalue weighted by Crippen LogP contribution is -2.09. The molecule has 1 aliphatic rings. The lowest BCUT2D eigenvalue weighted by atomic mass is 9.80. The number of rotatable bonds is 1. The molecule has 0 bridgehead atoms. The summed E-state index contributed by atoms with van der Waals surface area (Å²) in [6.07, 6.45) is 3.78. The zero-order chi connectivity index (χ0) is 9.42. The first-order valence-corrected chi connectivity index (χ1v) is 5.82. The van der Waals surface area contributed by atoms with E-state index in [1.165, 1.54) is 24.8 Å². The van der Waals surface area contributed by atoms with Gasteiger partial charge in [0.15, 0.2) is 0 Å². The third-order valence-electron chi connectivity index (χ3n) is 2.61. The molecule has 0 heterocycles. The van der Waals surface area contributed by atoms with Gasteiger partial charge in [-0.2, -0.15) is 0 Å². The standard InChI is InChI=1S/C10H10ClIO/c11-8-5-10(13)9(12)4-7(8)6-2-1-3-6/h4-6,13H,1-3H2. The molecule has 70 valence electrons. The molecule has 0 aliphatic heterocycles. The summed E-state index contributed by atoms with van der Waals surface area (Å²) >= 11 is 8.18. The number of phenolic OH excluding ortho intramolecular Hbond substituents is 1. The second-order valence-electron chi connectivity index (χ2n) is 3.45. The highest BCUT2D eigenvalue weighted by atomic mass is 127. The van der Waals surface area contributed by atoms with E-state index in [1.54, 1.807) is 6.07 Å². The molecular weight excluding hydrogens is 298 g/mol. The Balaban J connectivity index is 2.39. The van der Waals surface area contributed by atoms with Crippen LogP contribution >= 0.6 is 34.2 Å². The molecule has 0 aromatic heterocycles. The first kappa shape index (κ1) is 9.59. The number of hydrogen-bond donors (Lipinski definition) is 1.